The first-order chi connectivity index (χ1) is 18.6. The Kier molecular flexibility index (Phi) is 12.9. The Morgan fingerprint density at radius 3 is 2.59 bits per heavy atom. The number of nitrogens with one attached hydrogen (secondary N) is 3. The SMILES string of the molecule is CCCNc1nc(Nc2cnc(C)c(C)c2)ncc1C#CCCCNC(=O)[C@H](C)N(C)C(=O)C=CCN(C)C. The molecule has 39 heavy (non-hydrogen) atoms. The van der Waals surface area contributed by atoms with E-state index >= 15 is 0 Å². The smallest absolute Gasteiger partial charge is 0.246 e. The van der Waals surface area contributed by atoms with Gasteiger partial charge < -0.3 is 25.8 Å². The van der Waals surface area contributed by atoms with Crippen molar-refractivity contribution >= 4 is 29.3 Å². The first kappa shape index (κ1) is 31.2. The second kappa shape index (κ2) is 16.1. The van der Waals surface area contributed by atoms with Crippen molar-refractivity contribution in [2.24, 2.45) is 0 Å². The predicted molar refractivity (Wildman–Crippen MR) is 157 cm³/mol. The Morgan fingerprint density at radius 2 is 1.90 bits per heavy atom. The molecule has 3 N–H and O–H groups in total. The lowest BCUT2D eigenvalue weighted by Gasteiger charge is -2.23. The van der Waals surface area contributed by atoms with E-state index in [0.29, 0.717) is 43.3 Å². The fourth-order valence-corrected chi connectivity index (χ4v) is 3.29. The van der Waals surface area contributed by atoms with Gasteiger partial charge in [-0.15, -0.1) is 0 Å². The number of amides is 2. The lowest BCUT2D eigenvalue weighted by molar-refractivity contribution is -0.135. The van der Waals surface area contributed by atoms with Crippen molar-refractivity contribution in [3.8, 4) is 11.8 Å². The molecule has 0 radical (unpaired) electrons. The van der Waals surface area contributed by atoms with Gasteiger partial charge in [0.2, 0.25) is 17.8 Å². The number of likely N-dealkylation sites (N-methyl/N-ethyl adjacent to an activating group) is 2. The quantitative estimate of drug-likeness (QED) is 0.204. The summed E-state index contributed by atoms with van der Waals surface area (Å²) in [6.45, 7) is 9.69. The molecule has 0 unspecified atom stereocenters. The summed E-state index contributed by atoms with van der Waals surface area (Å²) < 4.78 is 0. The molecule has 0 fully saturated rings. The number of carbonyl (C=O) groups excluding carboxylic acids is 2. The van der Waals surface area contributed by atoms with Crippen LogP contribution in [-0.4, -0.2) is 83.4 Å². The lowest BCUT2D eigenvalue weighted by atomic mass is 10.2. The van der Waals surface area contributed by atoms with Gasteiger partial charge in [0, 0.05) is 44.9 Å². The van der Waals surface area contributed by atoms with Gasteiger partial charge in [-0.25, -0.2) is 4.98 Å². The zero-order valence-electron chi connectivity index (χ0n) is 24.3. The summed E-state index contributed by atoms with van der Waals surface area (Å²) in [7, 11) is 5.48. The summed E-state index contributed by atoms with van der Waals surface area (Å²) in [5.74, 6) is 7.04. The predicted octanol–water partition coefficient (Wildman–Crippen LogP) is 3.27. The molecule has 2 heterocycles. The van der Waals surface area contributed by atoms with E-state index < -0.39 is 6.04 Å². The molecule has 210 valence electrons. The molecule has 0 aromatic carbocycles. The molecule has 0 spiro atoms. The lowest BCUT2D eigenvalue weighted by Crippen LogP contribution is -2.45. The van der Waals surface area contributed by atoms with Gasteiger partial charge in [0.15, 0.2) is 0 Å². The average Bonchev–Trinajstić information content (AvgIpc) is 2.90. The normalized spacial score (nSPS) is 11.6. The summed E-state index contributed by atoms with van der Waals surface area (Å²) in [6.07, 6.45) is 8.97. The van der Waals surface area contributed by atoms with Crippen molar-refractivity contribution in [3.63, 3.8) is 0 Å². The molecule has 1 atom stereocenters. The molecular formula is C29H42N8O2. The highest BCUT2D eigenvalue weighted by atomic mass is 16.2. The van der Waals surface area contributed by atoms with E-state index in [9.17, 15) is 9.59 Å². The average molecular weight is 535 g/mol. The zero-order valence-corrected chi connectivity index (χ0v) is 24.3. The van der Waals surface area contributed by atoms with Crippen molar-refractivity contribution in [2.75, 3.05) is 51.4 Å². The minimum Gasteiger partial charge on any atom is -0.369 e. The maximum absolute atomic E-state index is 12.5. The number of aryl methyl sites for hydroxylation is 2. The van der Waals surface area contributed by atoms with E-state index in [1.54, 1.807) is 32.4 Å². The van der Waals surface area contributed by atoms with Gasteiger partial charge in [0.05, 0.1) is 23.6 Å². The van der Waals surface area contributed by atoms with Crippen LogP contribution < -0.4 is 16.0 Å². The van der Waals surface area contributed by atoms with Crippen LogP contribution in [0.3, 0.4) is 0 Å². The summed E-state index contributed by atoms with van der Waals surface area (Å²) in [4.78, 5) is 41.5. The Balaban J connectivity index is 1.89. The molecule has 2 aromatic heterocycles. The fourth-order valence-electron chi connectivity index (χ4n) is 3.29. The molecule has 2 amide bonds. The number of anilines is 3. The molecule has 10 nitrogen and oxygen atoms in total. The van der Waals surface area contributed by atoms with E-state index in [1.165, 1.54) is 11.0 Å². The van der Waals surface area contributed by atoms with Crippen LogP contribution in [0.15, 0.2) is 30.6 Å². The Labute approximate surface area is 232 Å². The standard InChI is InChI=1S/C29H42N8O2/c1-8-15-30-27-24(19-33-29(35-27)34-25-18-21(2)22(3)32-20-25)13-10-9-11-16-31-28(39)23(4)37(7)26(38)14-12-17-36(5)6/h12,14,18-20,23H,8-9,11,15-17H2,1-7H3,(H,31,39)(H2,30,33,34,35)/t23-/m0/s1. The number of carbonyl (C=O) groups is 2. The van der Waals surface area contributed by atoms with Crippen molar-refractivity contribution in [1.82, 2.24) is 30.1 Å². The number of hydrogen-bond donors (Lipinski definition) is 3. The molecule has 0 saturated heterocycles. The Hall–Kier alpha value is -3.97. The summed E-state index contributed by atoms with van der Waals surface area (Å²) in [5.41, 5.74) is 3.61. The highest BCUT2D eigenvalue weighted by Crippen LogP contribution is 2.18. The third-order valence-corrected chi connectivity index (χ3v) is 5.97. The maximum atomic E-state index is 12.5. The van der Waals surface area contributed by atoms with Crippen molar-refractivity contribution in [1.29, 1.82) is 0 Å². The van der Waals surface area contributed by atoms with Gasteiger partial charge in [-0.05, 0) is 59.3 Å². The first-order valence-corrected chi connectivity index (χ1v) is 13.3. The highest BCUT2D eigenvalue weighted by molar-refractivity contribution is 5.92. The molecule has 0 aliphatic carbocycles. The first-order valence-electron chi connectivity index (χ1n) is 13.3. The van der Waals surface area contributed by atoms with Crippen molar-refractivity contribution < 1.29 is 9.59 Å². The highest BCUT2D eigenvalue weighted by Gasteiger charge is 2.20. The van der Waals surface area contributed by atoms with Crippen LogP contribution in [0.1, 0.15) is 49.9 Å². The number of aromatic nitrogens is 3. The van der Waals surface area contributed by atoms with Crippen LogP contribution in [0.5, 0.6) is 0 Å². The molecule has 10 heteroatoms. The number of rotatable bonds is 13. The largest absolute Gasteiger partial charge is 0.369 e. The molecular weight excluding hydrogens is 492 g/mol. The molecule has 0 saturated carbocycles. The van der Waals surface area contributed by atoms with Gasteiger partial charge >= 0.3 is 0 Å². The number of unbranched alkanes of at least 4 members (excludes halogenated alkanes) is 1. The fraction of sp³-hybridized carbons (Fsp3) is 0.483. The molecule has 0 aliphatic heterocycles. The van der Waals surface area contributed by atoms with Gasteiger partial charge in [0.1, 0.15) is 11.9 Å². The number of pyridine rings is 1. The topological polar surface area (TPSA) is 115 Å². The van der Waals surface area contributed by atoms with E-state index in [4.69, 9.17) is 0 Å². The third kappa shape index (κ3) is 10.7. The minimum atomic E-state index is -0.566. The van der Waals surface area contributed by atoms with E-state index in [-0.39, 0.29) is 11.8 Å². The van der Waals surface area contributed by atoms with Crippen molar-refractivity contribution in [2.45, 2.75) is 53.0 Å². The van der Waals surface area contributed by atoms with Crippen molar-refractivity contribution in [3.05, 3.63) is 47.4 Å². The van der Waals surface area contributed by atoms with Crippen LogP contribution in [0.4, 0.5) is 17.5 Å². The van der Waals surface area contributed by atoms with Crippen LogP contribution in [-0.2, 0) is 9.59 Å². The monoisotopic (exact) mass is 534 g/mol. The zero-order chi connectivity index (χ0) is 28.8. The molecule has 0 aliphatic rings. The van der Waals surface area contributed by atoms with E-state index in [0.717, 1.165) is 29.9 Å². The molecule has 2 aromatic rings. The maximum Gasteiger partial charge on any atom is 0.246 e. The van der Waals surface area contributed by atoms with Gasteiger partial charge in [-0.2, -0.15) is 4.98 Å². The molecule has 2 rings (SSSR count). The minimum absolute atomic E-state index is 0.193. The summed E-state index contributed by atoms with van der Waals surface area (Å²) in [5, 5.41) is 9.41. The van der Waals surface area contributed by atoms with E-state index in [1.807, 2.05) is 38.9 Å². The van der Waals surface area contributed by atoms with Crippen LogP contribution in [0, 0.1) is 25.7 Å². The van der Waals surface area contributed by atoms with Crippen LogP contribution in [0.2, 0.25) is 0 Å². The summed E-state index contributed by atoms with van der Waals surface area (Å²) >= 11 is 0. The number of nitrogens with zero attached hydrogens (tertiary/aromatic N) is 5. The second-order valence-corrected chi connectivity index (χ2v) is 9.62. The van der Waals surface area contributed by atoms with Gasteiger partial charge in [-0.1, -0.05) is 24.8 Å². The van der Waals surface area contributed by atoms with E-state index in [2.05, 4.69) is 49.7 Å². The van der Waals surface area contributed by atoms with Crippen LogP contribution in [0.25, 0.3) is 0 Å². The second-order valence-electron chi connectivity index (χ2n) is 9.62. The Bertz CT molecular complexity index is 1200. The van der Waals surface area contributed by atoms with Gasteiger partial charge in [-0.3, -0.25) is 14.6 Å². The van der Waals surface area contributed by atoms with Gasteiger partial charge in [0.25, 0.3) is 0 Å². The molecule has 0 bridgehead atoms. The summed E-state index contributed by atoms with van der Waals surface area (Å²) in [6, 6.07) is 1.45. The Morgan fingerprint density at radius 1 is 1.13 bits per heavy atom. The number of hydrogen-bond acceptors (Lipinski definition) is 8. The third-order valence-electron chi connectivity index (χ3n) is 5.97. The van der Waals surface area contributed by atoms with Crippen LogP contribution >= 0.6 is 0 Å².